The SMILES string of the molecule is C[C@H](O)C#Cc1ccccn1. The van der Waals surface area contributed by atoms with E-state index < -0.39 is 6.10 Å². The lowest BCUT2D eigenvalue weighted by molar-refractivity contribution is 0.253. The highest BCUT2D eigenvalue weighted by atomic mass is 16.3. The van der Waals surface area contributed by atoms with Gasteiger partial charge in [0.05, 0.1) is 0 Å². The van der Waals surface area contributed by atoms with Crippen molar-refractivity contribution in [3.8, 4) is 11.8 Å². The van der Waals surface area contributed by atoms with Crippen LogP contribution in [-0.2, 0) is 0 Å². The zero-order valence-corrected chi connectivity index (χ0v) is 6.28. The number of nitrogens with zero attached hydrogens (tertiary/aromatic N) is 1. The number of pyridine rings is 1. The van der Waals surface area contributed by atoms with Gasteiger partial charge < -0.3 is 5.11 Å². The van der Waals surface area contributed by atoms with Gasteiger partial charge in [-0.2, -0.15) is 0 Å². The molecule has 1 rings (SSSR count). The standard InChI is InChI=1S/C9H9NO/c1-8(11)5-6-9-4-2-3-7-10-9/h2-4,7-8,11H,1H3/t8-/m0/s1. The van der Waals surface area contributed by atoms with E-state index in [1.165, 1.54) is 0 Å². The molecule has 2 heteroatoms. The van der Waals surface area contributed by atoms with Crippen molar-refractivity contribution in [3.63, 3.8) is 0 Å². The van der Waals surface area contributed by atoms with E-state index in [-0.39, 0.29) is 0 Å². The second-order valence-corrected chi connectivity index (χ2v) is 2.16. The summed E-state index contributed by atoms with van der Waals surface area (Å²) in [6.07, 6.45) is 1.09. The molecule has 0 saturated carbocycles. The van der Waals surface area contributed by atoms with Crippen LogP contribution in [0.3, 0.4) is 0 Å². The summed E-state index contributed by atoms with van der Waals surface area (Å²) in [6.45, 7) is 1.62. The number of aromatic nitrogens is 1. The maximum Gasteiger partial charge on any atom is 0.113 e. The Hall–Kier alpha value is -1.33. The summed E-state index contributed by atoms with van der Waals surface area (Å²) < 4.78 is 0. The third-order valence-electron chi connectivity index (χ3n) is 1.07. The predicted octanol–water partition coefficient (Wildman–Crippen LogP) is 0.814. The van der Waals surface area contributed by atoms with E-state index in [1.54, 1.807) is 19.2 Å². The van der Waals surface area contributed by atoms with Crippen LogP contribution in [-0.4, -0.2) is 16.2 Å². The van der Waals surface area contributed by atoms with E-state index in [1.807, 2.05) is 12.1 Å². The minimum atomic E-state index is -0.586. The number of rotatable bonds is 0. The van der Waals surface area contributed by atoms with Gasteiger partial charge in [-0.25, -0.2) is 4.98 Å². The minimum Gasteiger partial charge on any atom is -0.381 e. The fraction of sp³-hybridized carbons (Fsp3) is 0.222. The van der Waals surface area contributed by atoms with Crippen molar-refractivity contribution in [1.82, 2.24) is 4.98 Å². The van der Waals surface area contributed by atoms with E-state index in [4.69, 9.17) is 5.11 Å². The Morgan fingerprint density at radius 1 is 1.55 bits per heavy atom. The highest BCUT2D eigenvalue weighted by Crippen LogP contribution is 1.89. The summed E-state index contributed by atoms with van der Waals surface area (Å²) in [5.41, 5.74) is 0.688. The van der Waals surface area contributed by atoms with Crippen molar-refractivity contribution in [2.24, 2.45) is 0 Å². The Kier molecular flexibility index (Phi) is 2.65. The van der Waals surface area contributed by atoms with Crippen LogP contribution in [0.15, 0.2) is 24.4 Å². The molecule has 0 unspecified atom stereocenters. The quantitative estimate of drug-likeness (QED) is 0.551. The van der Waals surface area contributed by atoms with Crippen LogP contribution in [0, 0.1) is 11.8 Å². The smallest absolute Gasteiger partial charge is 0.113 e. The second-order valence-electron chi connectivity index (χ2n) is 2.16. The van der Waals surface area contributed by atoms with E-state index >= 15 is 0 Å². The summed E-state index contributed by atoms with van der Waals surface area (Å²) in [4.78, 5) is 3.97. The van der Waals surface area contributed by atoms with Crippen molar-refractivity contribution >= 4 is 0 Å². The Labute approximate surface area is 65.9 Å². The molecular weight excluding hydrogens is 138 g/mol. The monoisotopic (exact) mass is 147 g/mol. The second kappa shape index (κ2) is 3.75. The first kappa shape index (κ1) is 7.77. The molecule has 0 aliphatic heterocycles. The van der Waals surface area contributed by atoms with Gasteiger partial charge in [0.2, 0.25) is 0 Å². The number of aliphatic hydroxyl groups excluding tert-OH is 1. The van der Waals surface area contributed by atoms with Crippen LogP contribution in [0.5, 0.6) is 0 Å². The highest BCUT2D eigenvalue weighted by molar-refractivity contribution is 5.27. The van der Waals surface area contributed by atoms with Crippen molar-refractivity contribution in [3.05, 3.63) is 30.1 Å². The number of aliphatic hydroxyl groups is 1. The molecule has 0 aromatic carbocycles. The Balaban J connectivity index is 2.75. The van der Waals surface area contributed by atoms with Crippen molar-refractivity contribution in [1.29, 1.82) is 0 Å². The lowest BCUT2D eigenvalue weighted by Crippen LogP contribution is -1.93. The molecule has 0 bridgehead atoms. The van der Waals surface area contributed by atoms with E-state index in [0.29, 0.717) is 5.69 Å². The maximum absolute atomic E-state index is 8.81. The molecule has 11 heavy (non-hydrogen) atoms. The van der Waals surface area contributed by atoms with Gasteiger partial charge >= 0.3 is 0 Å². The molecule has 0 aliphatic rings. The molecule has 2 nitrogen and oxygen atoms in total. The molecule has 0 fully saturated rings. The minimum absolute atomic E-state index is 0.586. The zero-order valence-electron chi connectivity index (χ0n) is 6.28. The van der Waals surface area contributed by atoms with Crippen LogP contribution >= 0.6 is 0 Å². The zero-order chi connectivity index (χ0) is 8.10. The average Bonchev–Trinajstić information content (AvgIpc) is 2.03. The fourth-order valence-electron chi connectivity index (χ4n) is 0.615. The topological polar surface area (TPSA) is 33.1 Å². The Morgan fingerprint density at radius 3 is 2.91 bits per heavy atom. The molecule has 1 atom stereocenters. The van der Waals surface area contributed by atoms with E-state index in [0.717, 1.165) is 0 Å². The van der Waals surface area contributed by atoms with E-state index in [9.17, 15) is 0 Å². The molecule has 1 aromatic rings. The molecule has 0 aliphatic carbocycles. The fourth-order valence-corrected chi connectivity index (χ4v) is 0.615. The predicted molar refractivity (Wildman–Crippen MR) is 42.8 cm³/mol. The average molecular weight is 147 g/mol. The lowest BCUT2D eigenvalue weighted by atomic mass is 10.3. The molecule has 1 heterocycles. The molecular formula is C9H9NO. The Morgan fingerprint density at radius 2 is 2.36 bits per heavy atom. The summed E-state index contributed by atoms with van der Waals surface area (Å²) in [6, 6.07) is 5.49. The number of hydrogen-bond donors (Lipinski definition) is 1. The van der Waals surface area contributed by atoms with Crippen LogP contribution in [0.2, 0.25) is 0 Å². The van der Waals surface area contributed by atoms with Gasteiger partial charge in [-0.15, -0.1) is 0 Å². The normalized spacial score (nSPS) is 11.5. The highest BCUT2D eigenvalue weighted by Gasteiger charge is 1.85. The Bertz CT molecular complexity index is 269. The van der Waals surface area contributed by atoms with Crippen molar-refractivity contribution in [2.75, 3.05) is 0 Å². The maximum atomic E-state index is 8.81. The third-order valence-corrected chi connectivity index (χ3v) is 1.07. The summed E-state index contributed by atoms with van der Waals surface area (Å²) >= 11 is 0. The molecule has 56 valence electrons. The van der Waals surface area contributed by atoms with Crippen LogP contribution in [0.25, 0.3) is 0 Å². The largest absolute Gasteiger partial charge is 0.381 e. The molecule has 0 amide bonds. The van der Waals surface area contributed by atoms with Gasteiger partial charge in [0, 0.05) is 6.20 Å². The van der Waals surface area contributed by atoms with Gasteiger partial charge in [0.25, 0.3) is 0 Å². The first-order valence-electron chi connectivity index (χ1n) is 3.39. The van der Waals surface area contributed by atoms with Crippen LogP contribution < -0.4 is 0 Å². The molecule has 1 N–H and O–H groups in total. The van der Waals surface area contributed by atoms with Gasteiger partial charge in [0.1, 0.15) is 11.8 Å². The van der Waals surface area contributed by atoms with Gasteiger partial charge in [0.15, 0.2) is 0 Å². The molecule has 1 aromatic heterocycles. The first-order valence-corrected chi connectivity index (χ1v) is 3.39. The summed E-state index contributed by atoms with van der Waals surface area (Å²) in [5.74, 6) is 5.34. The van der Waals surface area contributed by atoms with Crippen molar-refractivity contribution in [2.45, 2.75) is 13.0 Å². The van der Waals surface area contributed by atoms with Crippen LogP contribution in [0.4, 0.5) is 0 Å². The summed E-state index contributed by atoms with van der Waals surface area (Å²) in [5, 5.41) is 8.81. The molecule has 0 saturated heterocycles. The first-order chi connectivity index (χ1) is 5.29. The number of hydrogen-bond acceptors (Lipinski definition) is 2. The molecule has 0 radical (unpaired) electrons. The summed E-state index contributed by atoms with van der Waals surface area (Å²) in [7, 11) is 0. The lowest BCUT2D eigenvalue weighted by Gasteiger charge is -1.88. The molecule has 0 spiro atoms. The van der Waals surface area contributed by atoms with Gasteiger partial charge in [-0.1, -0.05) is 12.0 Å². The van der Waals surface area contributed by atoms with Gasteiger partial charge in [-0.05, 0) is 25.0 Å². The van der Waals surface area contributed by atoms with E-state index in [2.05, 4.69) is 16.8 Å². The van der Waals surface area contributed by atoms with Crippen molar-refractivity contribution < 1.29 is 5.11 Å². The third kappa shape index (κ3) is 2.83. The van der Waals surface area contributed by atoms with Crippen LogP contribution in [0.1, 0.15) is 12.6 Å². The van der Waals surface area contributed by atoms with Gasteiger partial charge in [-0.3, -0.25) is 0 Å².